The van der Waals surface area contributed by atoms with Gasteiger partial charge in [0.1, 0.15) is 6.04 Å². The number of amides is 1. The lowest BCUT2D eigenvalue weighted by molar-refractivity contribution is -0.140. The van der Waals surface area contributed by atoms with Crippen molar-refractivity contribution in [2.45, 2.75) is 26.3 Å². The molecule has 1 aromatic carbocycles. The van der Waals surface area contributed by atoms with Crippen LogP contribution in [0.25, 0.3) is 0 Å². The zero-order valence-electron chi connectivity index (χ0n) is 12.0. The Morgan fingerprint density at radius 3 is 2.65 bits per heavy atom. The van der Waals surface area contributed by atoms with Crippen LogP contribution >= 0.6 is 0 Å². The molecular formula is C15H20N2O3. The number of nitrogens with one attached hydrogen (secondary N) is 1. The van der Waals surface area contributed by atoms with Crippen LogP contribution in [0, 0.1) is 5.92 Å². The minimum Gasteiger partial charge on any atom is -0.480 e. The van der Waals surface area contributed by atoms with Crippen LogP contribution in [-0.4, -0.2) is 36.6 Å². The first-order valence-corrected chi connectivity index (χ1v) is 6.78. The van der Waals surface area contributed by atoms with Gasteiger partial charge < -0.3 is 15.3 Å². The number of anilines is 1. The van der Waals surface area contributed by atoms with Gasteiger partial charge in [0.2, 0.25) is 0 Å². The standard InChI is InChI=1S/C15H20N2O3/c1-9(2)13(15(19)20)16-14(18)11-4-5-12-10(8-11)6-7-17(12)3/h4-5,8-9,13H,6-7H2,1-3H3,(H,16,18)(H,19,20). The molecule has 1 heterocycles. The number of benzene rings is 1. The molecule has 5 heteroatoms. The van der Waals surface area contributed by atoms with Crippen LogP contribution in [0.4, 0.5) is 5.69 Å². The van der Waals surface area contributed by atoms with Gasteiger partial charge in [0, 0.05) is 24.8 Å². The Hall–Kier alpha value is -2.04. The van der Waals surface area contributed by atoms with E-state index in [-0.39, 0.29) is 11.8 Å². The molecule has 0 fully saturated rings. The predicted octanol–water partition coefficient (Wildman–Crippen LogP) is 1.52. The van der Waals surface area contributed by atoms with E-state index in [4.69, 9.17) is 5.11 Å². The highest BCUT2D eigenvalue weighted by atomic mass is 16.4. The Morgan fingerprint density at radius 1 is 1.35 bits per heavy atom. The summed E-state index contributed by atoms with van der Waals surface area (Å²) in [6, 6.07) is 4.66. The number of hydrogen-bond donors (Lipinski definition) is 2. The molecule has 108 valence electrons. The van der Waals surface area contributed by atoms with Gasteiger partial charge in [0.25, 0.3) is 5.91 Å². The molecule has 0 bridgehead atoms. The third kappa shape index (κ3) is 2.76. The molecule has 0 aliphatic carbocycles. The minimum absolute atomic E-state index is 0.156. The highest BCUT2D eigenvalue weighted by molar-refractivity contribution is 5.97. The van der Waals surface area contributed by atoms with Gasteiger partial charge in [-0.25, -0.2) is 4.79 Å². The number of hydrogen-bond acceptors (Lipinski definition) is 3. The highest BCUT2D eigenvalue weighted by Crippen LogP contribution is 2.27. The Bertz CT molecular complexity index is 540. The first kappa shape index (κ1) is 14.4. The number of aliphatic carboxylic acids is 1. The van der Waals surface area contributed by atoms with E-state index in [2.05, 4.69) is 10.2 Å². The second-order valence-corrected chi connectivity index (χ2v) is 5.55. The molecule has 2 N–H and O–H groups in total. The van der Waals surface area contributed by atoms with Crippen LogP contribution < -0.4 is 10.2 Å². The van der Waals surface area contributed by atoms with Gasteiger partial charge in [-0.2, -0.15) is 0 Å². The largest absolute Gasteiger partial charge is 0.480 e. The molecule has 1 aliphatic heterocycles. The van der Waals surface area contributed by atoms with Gasteiger partial charge in [-0.3, -0.25) is 4.79 Å². The third-order valence-corrected chi connectivity index (χ3v) is 3.69. The van der Waals surface area contributed by atoms with Gasteiger partial charge in [-0.05, 0) is 36.1 Å². The average molecular weight is 276 g/mol. The lowest BCUT2D eigenvalue weighted by Gasteiger charge is -2.18. The monoisotopic (exact) mass is 276 g/mol. The van der Waals surface area contributed by atoms with E-state index in [1.807, 2.05) is 19.2 Å². The van der Waals surface area contributed by atoms with Crippen molar-refractivity contribution in [3.8, 4) is 0 Å². The number of carbonyl (C=O) groups is 2. The average Bonchev–Trinajstić information content (AvgIpc) is 2.76. The Labute approximate surface area is 118 Å². The van der Waals surface area contributed by atoms with Crippen molar-refractivity contribution in [2.75, 3.05) is 18.5 Å². The fourth-order valence-corrected chi connectivity index (χ4v) is 2.45. The summed E-state index contributed by atoms with van der Waals surface area (Å²) < 4.78 is 0. The first-order chi connectivity index (χ1) is 9.40. The number of carboxylic acid groups (broad SMARTS) is 1. The zero-order chi connectivity index (χ0) is 14.9. The summed E-state index contributed by atoms with van der Waals surface area (Å²) in [7, 11) is 2.02. The van der Waals surface area contributed by atoms with Crippen LogP contribution in [-0.2, 0) is 11.2 Å². The normalized spacial score (nSPS) is 15.1. The van der Waals surface area contributed by atoms with Gasteiger partial charge in [0.05, 0.1) is 0 Å². The van der Waals surface area contributed by atoms with Gasteiger partial charge in [-0.15, -0.1) is 0 Å². The summed E-state index contributed by atoms with van der Waals surface area (Å²) in [5, 5.41) is 11.7. The molecule has 5 nitrogen and oxygen atoms in total. The van der Waals surface area contributed by atoms with E-state index in [1.165, 1.54) is 0 Å². The van der Waals surface area contributed by atoms with Crippen LogP contribution in [0.15, 0.2) is 18.2 Å². The topological polar surface area (TPSA) is 69.6 Å². The zero-order valence-corrected chi connectivity index (χ0v) is 12.0. The van der Waals surface area contributed by atoms with Crippen LogP contribution in [0.2, 0.25) is 0 Å². The number of fused-ring (bicyclic) bond motifs is 1. The molecule has 20 heavy (non-hydrogen) atoms. The summed E-state index contributed by atoms with van der Waals surface area (Å²) in [6.45, 7) is 4.50. The van der Waals surface area contributed by atoms with E-state index < -0.39 is 12.0 Å². The Balaban J connectivity index is 2.16. The molecular weight excluding hydrogens is 256 g/mol. The maximum Gasteiger partial charge on any atom is 0.326 e. The fourth-order valence-electron chi connectivity index (χ4n) is 2.45. The molecule has 0 saturated carbocycles. The summed E-state index contributed by atoms with van der Waals surface area (Å²) >= 11 is 0. The summed E-state index contributed by atoms with van der Waals surface area (Å²) in [4.78, 5) is 25.4. The van der Waals surface area contributed by atoms with Crippen molar-refractivity contribution in [3.63, 3.8) is 0 Å². The summed E-state index contributed by atoms with van der Waals surface area (Å²) in [6.07, 6.45) is 0.916. The molecule has 0 aromatic heterocycles. The fraction of sp³-hybridized carbons (Fsp3) is 0.467. The highest BCUT2D eigenvalue weighted by Gasteiger charge is 2.25. The summed E-state index contributed by atoms with van der Waals surface area (Å²) in [5.41, 5.74) is 2.79. The second kappa shape index (κ2) is 5.53. The lowest BCUT2D eigenvalue weighted by atomic mass is 10.0. The molecule has 1 amide bonds. The molecule has 0 spiro atoms. The van der Waals surface area contributed by atoms with Gasteiger partial charge in [-0.1, -0.05) is 13.8 Å². The maximum atomic E-state index is 12.2. The molecule has 1 aromatic rings. The summed E-state index contributed by atoms with van der Waals surface area (Å²) in [5.74, 6) is -1.49. The molecule has 2 rings (SSSR count). The number of rotatable bonds is 4. The van der Waals surface area contributed by atoms with E-state index in [0.29, 0.717) is 5.56 Å². The van der Waals surface area contributed by atoms with Crippen molar-refractivity contribution in [2.24, 2.45) is 5.92 Å². The quantitative estimate of drug-likeness (QED) is 0.874. The molecule has 1 atom stereocenters. The van der Waals surface area contributed by atoms with E-state index >= 15 is 0 Å². The smallest absolute Gasteiger partial charge is 0.326 e. The Kier molecular flexibility index (Phi) is 3.97. The minimum atomic E-state index is -1.01. The van der Waals surface area contributed by atoms with Crippen LogP contribution in [0.3, 0.4) is 0 Å². The van der Waals surface area contributed by atoms with Crippen molar-refractivity contribution >= 4 is 17.6 Å². The van der Waals surface area contributed by atoms with E-state index in [9.17, 15) is 9.59 Å². The molecule has 0 saturated heterocycles. The molecule has 1 unspecified atom stereocenters. The molecule has 0 radical (unpaired) electrons. The number of likely N-dealkylation sites (N-methyl/N-ethyl adjacent to an activating group) is 1. The van der Waals surface area contributed by atoms with Crippen LogP contribution in [0.1, 0.15) is 29.8 Å². The van der Waals surface area contributed by atoms with Gasteiger partial charge >= 0.3 is 5.97 Å². The second-order valence-electron chi connectivity index (χ2n) is 5.55. The van der Waals surface area contributed by atoms with E-state index in [0.717, 1.165) is 24.2 Å². The van der Waals surface area contributed by atoms with Crippen LogP contribution in [0.5, 0.6) is 0 Å². The Morgan fingerprint density at radius 2 is 2.05 bits per heavy atom. The van der Waals surface area contributed by atoms with Crippen molar-refractivity contribution < 1.29 is 14.7 Å². The van der Waals surface area contributed by atoms with Crippen molar-refractivity contribution in [1.29, 1.82) is 0 Å². The van der Waals surface area contributed by atoms with E-state index in [1.54, 1.807) is 19.9 Å². The first-order valence-electron chi connectivity index (χ1n) is 6.78. The number of carboxylic acids is 1. The van der Waals surface area contributed by atoms with Crippen molar-refractivity contribution in [3.05, 3.63) is 29.3 Å². The lowest BCUT2D eigenvalue weighted by Crippen LogP contribution is -2.44. The number of nitrogens with zero attached hydrogens (tertiary/aromatic N) is 1. The molecule has 1 aliphatic rings. The van der Waals surface area contributed by atoms with Crippen molar-refractivity contribution in [1.82, 2.24) is 5.32 Å². The third-order valence-electron chi connectivity index (χ3n) is 3.69. The van der Waals surface area contributed by atoms with Gasteiger partial charge in [0.15, 0.2) is 0 Å². The number of carbonyl (C=O) groups excluding carboxylic acids is 1. The maximum absolute atomic E-state index is 12.2. The predicted molar refractivity (Wildman–Crippen MR) is 77.1 cm³/mol. The SMILES string of the molecule is CC(C)C(NC(=O)c1ccc2c(c1)CCN2C)C(=O)O.